The number of halogens is 3. The van der Waals surface area contributed by atoms with Crippen LogP contribution in [0.3, 0.4) is 0 Å². The summed E-state index contributed by atoms with van der Waals surface area (Å²) in [5.74, 6) is 0. The van der Waals surface area contributed by atoms with Crippen LogP contribution in [0.15, 0.2) is 18.2 Å². The lowest BCUT2D eigenvalue weighted by Crippen LogP contribution is -2.26. The first-order valence-electron chi connectivity index (χ1n) is 5.88. The fraction of sp³-hybridized carbons (Fsp3) is 0.538. The fourth-order valence-electron chi connectivity index (χ4n) is 2.06. The topological polar surface area (TPSA) is 29.3 Å². The Hall–Kier alpha value is -1.23. The Balaban J connectivity index is 2.38. The highest BCUT2D eigenvalue weighted by atomic mass is 19.4. The average molecular weight is 258 g/mol. The second kappa shape index (κ2) is 4.16. The predicted octanol–water partition coefficient (Wildman–Crippen LogP) is 2.81. The molecule has 5 heteroatoms. The summed E-state index contributed by atoms with van der Waals surface area (Å²) in [6.07, 6.45) is -2.03. The molecule has 2 rings (SSSR count). The van der Waals surface area contributed by atoms with Crippen LogP contribution in [0.4, 0.5) is 18.9 Å². The van der Waals surface area contributed by atoms with E-state index in [0.717, 1.165) is 24.6 Å². The van der Waals surface area contributed by atoms with Gasteiger partial charge in [0.05, 0.1) is 5.56 Å². The van der Waals surface area contributed by atoms with Crippen molar-refractivity contribution in [2.24, 2.45) is 5.73 Å². The predicted molar refractivity (Wildman–Crippen MR) is 65.6 cm³/mol. The molecule has 0 unspecified atom stereocenters. The van der Waals surface area contributed by atoms with Crippen molar-refractivity contribution >= 4 is 5.69 Å². The number of benzene rings is 1. The minimum atomic E-state index is -4.30. The Morgan fingerprint density at radius 1 is 1.28 bits per heavy atom. The number of alkyl halides is 3. The number of hydrogen-bond donors (Lipinski definition) is 1. The molecule has 0 atom stereocenters. The summed E-state index contributed by atoms with van der Waals surface area (Å²) in [7, 11) is 3.64. The normalized spacial score (nSPS) is 17.7. The Kier molecular flexibility index (Phi) is 3.05. The van der Waals surface area contributed by atoms with Crippen LogP contribution in [0.2, 0.25) is 0 Å². The summed E-state index contributed by atoms with van der Waals surface area (Å²) in [5.41, 5.74) is 6.59. The molecule has 100 valence electrons. The van der Waals surface area contributed by atoms with Gasteiger partial charge in [-0.05, 0) is 43.0 Å². The lowest BCUT2D eigenvalue weighted by Gasteiger charge is -2.21. The molecule has 0 bridgehead atoms. The van der Waals surface area contributed by atoms with E-state index < -0.39 is 11.7 Å². The van der Waals surface area contributed by atoms with Crippen LogP contribution in [0.25, 0.3) is 0 Å². The molecule has 2 nitrogen and oxygen atoms in total. The van der Waals surface area contributed by atoms with Gasteiger partial charge in [0.1, 0.15) is 0 Å². The quantitative estimate of drug-likeness (QED) is 0.903. The zero-order valence-corrected chi connectivity index (χ0v) is 10.5. The second-order valence-corrected chi connectivity index (χ2v) is 5.27. The van der Waals surface area contributed by atoms with Crippen molar-refractivity contribution in [2.45, 2.75) is 31.0 Å². The molecule has 1 aromatic carbocycles. The van der Waals surface area contributed by atoms with Crippen LogP contribution in [0, 0.1) is 0 Å². The van der Waals surface area contributed by atoms with Crippen molar-refractivity contribution in [2.75, 3.05) is 19.0 Å². The van der Waals surface area contributed by atoms with Gasteiger partial charge in [0.25, 0.3) is 0 Å². The van der Waals surface area contributed by atoms with Crippen molar-refractivity contribution < 1.29 is 13.2 Å². The number of hydrogen-bond acceptors (Lipinski definition) is 2. The molecule has 1 saturated carbocycles. The zero-order chi connectivity index (χ0) is 13.6. The van der Waals surface area contributed by atoms with E-state index in [9.17, 15) is 13.2 Å². The molecule has 0 aromatic heterocycles. The van der Waals surface area contributed by atoms with Gasteiger partial charge in [-0.1, -0.05) is 0 Å². The molecule has 1 aliphatic rings. The molecule has 1 aromatic rings. The smallest absolute Gasteiger partial charge is 0.377 e. The third-order valence-electron chi connectivity index (χ3n) is 3.32. The van der Waals surface area contributed by atoms with Crippen LogP contribution in [0.5, 0.6) is 0 Å². The number of nitrogens with zero attached hydrogens (tertiary/aromatic N) is 1. The van der Waals surface area contributed by atoms with Gasteiger partial charge < -0.3 is 10.6 Å². The Labute approximate surface area is 105 Å². The summed E-state index contributed by atoms with van der Waals surface area (Å²) in [6.45, 7) is 0. The van der Waals surface area contributed by atoms with Gasteiger partial charge in [-0.3, -0.25) is 0 Å². The molecule has 0 spiro atoms. The van der Waals surface area contributed by atoms with Crippen molar-refractivity contribution in [1.82, 2.24) is 0 Å². The van der Waals surface area contributed by atoms with E-state index in [2.05, 4.69) is 0 Å². The van der Waals surface area contributed by atoms with Crippen molar-refractivity contribution in [3.05, 3.63) is 29.3 Å². The second-order valence-electron chi connectivity index (χ2n) is 5.27. The largest absolute Gasteiger partial charge is 0.416 e. The number of nitrogens with two attached hydrogens (primary N) is 1. The molecule has 18 heavy (non-hydrogen) atoms. The maximum Gasteiger partial charge on any atom is 0.416 e. The van der Waals surface area contributed by atoms with E-state index in [1.807, 2.05) is 19.0 Å². The van der Waals surface area contributed by atoms with Crippen molar-refractivity contribution in [3.63, 3.8) is 0 Å². The third kappa shape index (κ3) is 2.77. The minimum Gasteiger partial charge on any atom is -0.377 e. The van der Waals surface area contributed by atoms with Gasteiger partial charge in [-0.2, -0.15) is 13.2 Å². The zero-order valence-electron chi connectivity index (χ0n) is 10.5. The molecule has 1 fully saturated rings. The minimum absolute atomic E-state index is 0.297. The first-order valence-corrected chi connectivity index (χ1v) is 5.88. The summed E-state index contributed by atoms with van der Waals surface area (Å²) < 4.78 is 38.1. The molecule has 0 amide bonds. The number of anilines is 1. The lowest BCUT2D eigenvalue weighted by atomic mass is 9.99. The van der Waals surface area contributed by atoms with Crippen LogP contribution in [-0.2, 0) is 12.6 Å². The molecule has 0 heterocycles. The van der Waals surface area contributed by atoms with Crippen molar-refractivity contribution in [3.8, 4) is 0 Å². The van der Waals surface area contributed by atoms with Gasteiger partial charge >= 0.3 is 6.18 Å². The summed E-state index contributed by atoms with van der Waals surface area (Å²) in [6, 6.07) is 3.86. The van der Waals surface area contributed by atoms with E-state index in [0.29, 0.717) is 12.0 Å². The van der Waals surface area contributed by atoms with E-state index in [-0.39, 0.29) is 5.54 Å². The van der Waals surface area contributed by atoms with Gasteiger partial charge in [0.2, 0.25) is 0 Å². The van der Waals surface area contributed by atoms with E-state index >= 15 is 0 Å². The molecule has 0 aliphatic heterocycles. The molecule has 1 aliphatic carbocycles. The van der Waals surface area contributed by atoms with Crippen LogP contribution >= 0.6 is 0 Å². The van der Waals surface area contributed by atoms with E-state index in [1.165, 1.54) is 12.1 Å². The SMILES string of the molecule is CN(C)c1ccc(C(F)(F)F)cc1CC1(N)CC1. The van der Waals surface area contributed by atoms with Gasteiger partial charge in [-0.25, -0.2) is 0 Å². The first-order chi connectivity index (χ1) is 8.21. The average Bonchev–Trinajstić information content (AvgIpc) is 2.94. The summed E-state index contributed by atoms with van der Waals surface area (Å²) in [4.78, 5) is 1.82. The standard InChI is InChI=1S/C13H17F3N2/c1-18(2)11-4-3-10(13(14,15)16)7-9(11)8-12(17)5-6-12/h3-4,7H,5-6,8,17H2,1-2H3. The maximum absolute atomic E-state index is 12.7. The van der Waals surface area contributed by atoms with E-state index in [1.54, 1.807) is 0 Å². The van der Waals surface area contributed by atoms with Gasteiger partial charge in [0.15, 0.2) is 0 Å². The van der Waals surface area contributed by atoms with Crippen LogP contribution in [-0.4, -0.2) is 19.6 Å². The summed E-state index contributed by atoms with van der Waals surface area (Å²) >= 11 is 0. The van der Waals surface area contributed by atoms with E-state index in [4.69, 9.17) is 5.73 Å². The third-order valence-corrected chi connectivity index (χ3v) is 3.32. The van der Waals surface area contributed by atoms with Gasteiger partial charge in [-0.15, -0.1) is 0 Å². The molecular formula is C13H17F3N2. The lowest BCUT2D eigenvalue weighted by molar-refractivity contribution is -0.137. The highest BCUT2D eigenvalue weighted by Crippen LogP contribution is 2.39. The van der Waals surface area contributed by atoms with Crippen molar-refractivity contribution in [1.29, 1.82) is 0 Å². The maximum atomic E-state index is 12.7. The molecule has 2 N–H and O–H groups in total. The molecular weight excluding hydrogens is 241 g/mol. The Morgan fingerprint density at radius 2 is 1.89 bits per heavy atom. The van der Waals surface area contributed by atoms with Gasteiger partial charge in [0, 0.05) is 25.3 Å². The monoisotopic (exact) mass is 258 g/mol. The fourth-order valence-corrected chi connectivity index (χ4v) is 2.06. The Bertz CT molecular complexity index is 448. The highest BCUT2D eigenvalue weighted by Gasteiger charge is 2.39. The van der Waals surface area contributed by atoms with Crippen LogP contribution in [0.1, 0.15) is 24.0 Å². The summed E-state index contributed by atoms with van der Waals surface area (Å²) in [5, 5.41) is 0. The molecule has 0 radical (unpaired) electrons. The molecule has 0 saturated heterocycles. The number of rotatable bonds is 3. The highest BCUT2D eigenvalue weighted by molar-refractivity contribution is 5.55. The Morgan fingerprint density at radius 3 is 2.33 bits per heavy atom. The van der Waals surface area contributed by atoms with Crippen LogP contribution < -0.4 is 10.6 Å². The first kappa shape index (κ1) is 13.2.